The summed E-state index contributed by atoms with van der Waals surface area (Å²) in [6.07, 6.45) is 0.897. The second-order valence-electron chi connectivity index (χ2n) is 7.01. The lowest BCUT2D eigenvalue weighted by atomic mass is 10.1. The number of aryl methyl sites for hydroxylation is 1. The predicted molar refractivity (Wildman–Crippen MR) is 99.3 cm³/mol. The van der Waals surface area contributed by atoms with Gasteiger partial charge in [0.1, 0.15) is 6.04 Å². The van der Waals surface area contributed by atoms with E-state index in [2.05, 4.69) is 16.3 Å². The van der Waals surface area contributed by atoms with E-state index in [1.54, 1.807) is 4.90 Å². The first-order valence-corrected chi connectivity index (χ1v) is 8.92. The summed E-state index contributed by atoms with van der Waals surface area (Å²) in [6.45, 7) is 7.15. The Kier molecular flexibility index (Phi) is 6.82. The molecule has 1 saturated heterocycles. The largest absolute Gasteiger partial charge is 0.338 e. The third-order valence-corrected chi connectivity index (χ3v) is 4.52. The predicted octanol–water partition coefficient (Wildman–Crippen LogP) is 1.69. The first kappa shape index (κ1) is 19.2. The summed E-state index contributed by atoms with van der Waals surface area (Å²) in [6, 6.07) is 7.63. The van der Waals surface area contributed by atoms with Crippen molar-refractivity contribution in [2.24, 2.45) is 0 Å². The van der Waals surface area contributed by atoms with Crippen LogP contribution >= 0.6 is 0 Å². The topological polar surface area (TPSA) is 55.9 Å². The summed E-state index contributed by atoms with van der Waals surface area (Å²) in [4.78, 5) is 30.6. The Morgan fingerprint density at radius 3 is 2.76 bits per heavy atom. The molecule has 1 N–H and O–H groups in total. The zero-order chi connectivity index (χ0) is 18.4. The molecule has 6 heteroatoms. The number of nitrogens with one attached hydrogen (secondary N) is 1. The van der Waals surface area contributed by atoms with E-state index < -0.39 is 6.04 Å². The summed E-state index contributed by atoms with van der Waals surface area (Å²) in [7, 11) is 4.02. The van der Waals surface area contributed by atoms with Crippen LogP contribution in [0.3, 0.4) is 0 Å². The van der Waals surface area contributed by atoms with Gasteiger partial charge in [-0.05, 0) is 46.5 Å². The van der Waals surface area contributed by atoms with Crippen LogP contribution in [0.2, 0.25) is 0 Å². The van der Waals surface area contributed by atoms with Crippen LogP contribution in [-0.2, 0) is 11.3 Å². The molecule has 1 atom stereocenters. The molecule has 0 aromatic heterocycles. The van der Waals surface area contributed by atoms with Crippen LogP contribution in [0.5, 0.6) is 0 Å². The number of urea groups is 1. The van der Waals surface area contributed by atoms with Crippen molar-refractivity contribution in [2.45, 2.75) is 32.9 Å². The van der Waals surface area contributed by atoms with Crippen molar-refractivity contribution in [3.63, 3.8) is 0 Å². The van der Waals surface area contributed by atoms with Gasteiger partial charge in [-0.2, -0.15) is 0 Å². The van der Waals surface area contributed by atoms with E-state index in [9.17, 15) is 9.59 Å². The second-order valence-corrected chi connectivity index (χ2v) is 7.01. The van der Waals surface area contributed by atoms with Crippen molar-refractivity contribution in [1.82, 2.24) is 20.0 Å². The lowest BCUT2D eigenvalue weighted by Gasteiger charge is -2.39. The highest BCUT2D eigenvalue weighted by atomic mass is 16.2. The maximum atomic E-state index is 12.6. The maximum Gasteiger partial charge on any atom is 0.318 e. The number of carbonyl (C=O) groups is 2. The third-order valence-electron chi connectivity index (χ3n) is 4.52. The summed E-state index contributed by atoms with van der Waals surface area (Å²) >= 11 is 0. The van der Waals surface area contributed by atoms with Crippen LogP contribution in [0.25, 0.3) is 0 Å². The number of nitrogens with zero attached hydrogens (tertiary/aromatic N) is 3. The standard InChI is InChI=1S/C19H30N4O2/c1-15-7-5-8-17(13-15)14-22-11-12-23(16(2)18(22)24)19(25)20-9-6-10-21(3)4/h5,7-8,13,16H,6,9-12,14H2,1-4H3,(H,20,25)/t16-/m1/s1. The number of hydrogen-bond donors (Lipinski definition) is 1. The van der Waals surface area contributed by atoms with E-state index in [-0.39, 0.29) is 11.9 Å². The second kappa shape index (κ2) is 8.85. The zero-order valence-corrected chi connectivity index (χ0v) is 15.8. The lowest BCUT2D eigenvalue weighted by molar-refractivity contribution is -0.139. The summed E-state index contributed by atoms with van der Waals surface area (Å²) in [5.74, 6) is 0.0104. The van der Waals surface area contributed by atoms with Crippen LogP contribution in [0, 0.1) is 6.92 Å². The monoisotopic (exact) mass is 346 g/mol. The molecule has 0 unspecified atom stereocenters. The Morgan fingerprint density at radius 1 is 1.32 bits per heavy atom. The summed E-state index contributed by atoms with van der Waals surface area (Å²) < 4.78 is 0. The number of hydrogen-bond acceptors (Lipinski definition) is 3. The molecular weight excluding hydrogens is 316 g/mol. The zero-order valence-electron chi connectivity index (χ0n) is 15.8. The smallest absolute Gasteiger partial charge is 0.318 e. The minimum atomic E-state index is -0.424. The van der Waals surface area contributed by atoms with Crippen LogP contribution in [0.1, 0.15) is 24.5 Å². The van der Waals surface area contributed by atoms with Crippen molar-refractivity contribution in [3.05, 3.63) is 35.4 Å². The summed E-state index contributed by atoms with van der Waals surface area (Å²) in [5.41, 5.74) is 2.32. The molecule has 0 bridgehead atoms. The number of rotatable bonds is 6. The molecule has 1 fully saturated rings. The van der Waals surface area contributed by atoms with Gasteiger partial charge in [0, 0.05) is 26.2 Å². The molecule has 0 radical (unpaired) electrons. The molecule has 2 rings (SSSR count). The minimum absolute atomic E-state index is 0.0104. The molecule has 0 aliphatic carbocycles. The minimum Gasteiger partial charge on any atom is -0.338 e. The average molecular weight is 346 g/mol. The first-order valence-electron chi connectivity index (χ1n) is 8.92. The Hall–Kier alpha value is -2.08. The van der Waals surface area contributed by atoms with E-state index in [0.29, 0.717) is 26.2 Å². The van der Waals surface area contributed by atoms with Crippen LogP contribution in [0.15, 0.2) is 24.3 Å². The Labute approximate surface area is 150 Å². The SMILES string of the molecule is Cc1cccc(CN2CCN(C(=O)NCCCN(C)C)[C@H](C)C2=O)c1. The summed E-state index contributed by atoms with van der Waals surface area (Å²) in [5, 5.41) is 2.92. The van der Waals surface area contributed by atoms with Gasteiger partial charge in [-0.3, -0.25) is 4.79 Å². The van der Waals surface area contributed by atoms with Crippen LogP contribution in [0.4, 0.5) is 4.79 Å². The molecule has 0 saturated carbocycles. The average Bonchev–Trinajstić information content (AvgIpc) is 2.56. The fourth-order valence-electron chi connectivity index (χ4n) is 3.09. The van der Waals surface area contributed by atoms with Gasteiger partial charge in [-0.1, -0.05) is 29.8 Å². The van der Waals surface area contributed by atoms with Gasteiger partial charge in [0.2, 0.25) is 5.91 Å². The Morgan fingerprint density at radius 2 is 2.08 bits per heavy atom. The molecule has 1 aromatic rings. The molecule has 1 aliphatic rings. The Balaban J connectivity index is 1.86. The van der Waals surface area contributed by atoms with Crippen molar-refractivity contribution in [1.29, 1.82) is 0 Å². The fraction of sp³-hybridized carbons (Fsp3) is 0.579. The van der Waals surface area contributed by atoms with Crippen molar-refractivity contribution in [2.75, 3.05) is 40.3 Å². The molecule has 0 spiro atoms. The van der Waals surface area contributed by atoms with E-state index in [1.165, 1.54) is 5.56 Å². The number of amides is 3. The van der Waals surface area contributed by atoms with Gasteiger partial charge >= 0.3 is 6.03 Å². The van der Waals surface area contributed by atoms with Gasteiger partial charge in [0.15, 0.2) is 0 Å². The molecule has 138 valence electrons. The van der Waals surface area contributed by atoms with Crippen molar-refractivity contribution >= 4 is 11.9 Å². The molecule has 25 heavy (non-hydrogen) atoms. The van der Waals surface area contributed by atoms with Gasteiger partial charge in [-0.25, -0.2) is 4.79 Å². The van der Waals surface area contributed by atoms with Crippen LogP contribution in [-0.4, -0.2) is 73.0 Å². The number of carbonyl (C=O) groups excluding carboxylic acids is 2. The van der Waals surface area contributed by atoms with E-state index in [4.69, 9.17) is 0 Å². The highest BCUT2D eigenvalue weighted by molar-refractivity contribution is 5.88. The van der Waals surface area contributed by atoms with Gasteiger partial charge in [0.05, 0.1) is 0 Å². The van der Waals surface area contributed by atoms with E-state index in [0.717, 1.165) is 18.5 Å². The van der Waals surface area contributed by atoms with Gasteiger partial charge in [0.25, 0.3) is 0 Å². The normalized spacial score (nSPS) is 18.0. The molecule has 3 amide bonds. The van der Waals surface area contributed by atoms with Gasteiger partial charge < -0.3 is 20.0 Å². The number of piperazine rings is 1. The van der Waals surface area contributed by atoms with E-state index >= 15 is 0 Å². The molecule has 1 heterocycles. The number of benzene rings is 1. The van der Waals surface area contributed by atoms with E-state index in [1.807, 2.05) is 51.0 Å². The molecular formula is C19H30N4O2. The third kappa shape index (κ3) is 5.46. The quantitative estimate of drug-likeness (QED) is 0.798. The van der Waals surface area contributed by atoms with Crippen LogP contribution < -0.4 is 5.32 Å². The van der Waals surface area contributed by atoms with Crippen molar-refractivity contribution < 1.29 is 9.59 Å². The van der Waals surface area contributed by atoms with Gasteiger partial charge in [-0.15, -0.1) is 0 Å². The van der Waals surface area contributed by atoms with Crippen molar-refractivity contribution in [3.8, 4) is 0 Å². The first-order chi connectivity index (χ1) is 11.9. The highest BCUT2D eigenvalue weighted by Gasteiger charge is 2.34. The molecule has 6 nitrogen and oxygen atoms in total. The Bertz CT molecular complexity index is 603. The lowest BCUT2D eigenvalue weighted by Crippen LogP contribution is -2.59. The molecule has 1 aliphatic heterocycles. The fourth-order valence-corrected chi connectivity index (χ4v) is 3.09. The molecule has 1 aromatic carbocycles. The highest BCUT2D eigenvalue weighted by Crippen LogP contribution is 2.15. The maximum absolute atomic E-state index is 12.6.